The molecule has 1 atom stereocenters. The van der Waals surface area contributed by atoms with Crippen molar-refractivity contribution in [1.29, 1.82) is 0 Å². The van der Waals surface area contributed by atoms with Crippen molar-refractivity contribution >= 4 is 33.2 Å². The van der Waals surface area contributed by atoms with Gasteiger partial charge in [-0.15, -0.1) is 11.3 Å². The number of aromatic hydroxyl groups is 1. The minimum absolute atomic E-state index is 0.160. The molecule has 1 aromatic carbocycles. The lowest BCUT2D eigenvalue weighted by molar-refractivity contribution is -0.141. The topological polar surface area (TPSA) is 83.8 Å². The van der Waals surface area contributed by atoms with E-state index >= 15 is 0 Å². The number of fused-ring (bicyclic) bond motifs is 1. The number of aliphatic carboxylic acids is 1. The Hall–Kier alpha value is -2.15. The van der Waals surface area contributed by atoms with Crippen LogP contribution in [0.4, 0.5) is 4.39 Å². The second-order valence-electron chi connectivity index (χ2n) is 4.63. The van der Waals surface area contributed by atoms with E-state index in [9.17, 15) is 19.1 Å². The van der Waals surface area contributed by atoms with Crippen LogP contribution in [-0.4, -0.2) is 29.1 Å². The molecule has 0 saturated heterocycles. The molecule has 0 aliphatic carbocycles. The summed E-state index contributed by atoms with van der Waals surface area (Å²) >= 11 is 1.01. The molecule has 0 amide bonds. The number of carbonyl (C=O) groups excluding carboxylic acids is 1. The molecule has 2 rings (SSSR count). The van der Waals surface area contributed by atoms with E-state index in [4.69, 9.17) is 9.84 Å². The van der Waals surface area contributed by atoms with Gasteiger partial charge in [0.1, 0.15) is 0 Å². The first-order chi connectivity index (χ1) is 9.85. The van der Waals surface area contributed by atoms with E-state index in [1.807, 2.05) is 0 Å². The number of methoxy groups -OCH3 is 1. The molecule has 0 fully saturated rings. The van der Waals surface area contributed by atoms with Gasteiger partial charge >= 0.3 is 5.97 Å². The second-order valence-corrected chi connectivity index (χ2v) is 5.72. The zero-order valence-electron chi connectivity index (χ0n) is 11.3. The Bertz CT molecular complexity index is 722. The van der Waals surface area contributed by atoms with Gasteiger partial charge in [-0.2, -0.15) is 0 Å². The van der Waals surface area contributed by atoms with E-state index in [0.29, 0.717) is 4.70 Å². The zero-order valence-corrected chi connectivity index (χ0v) is 12.2. The average Bonchev–Trinajstić information content (AvgIpc) is 2.83. The van der Waals surface area contributed by atoms with Crippen LogP contribution in [0.15, 0.2) is 12.1 Å². The molecule has 0 unspecified atom stereocenters. The lowest BCUT2D eigenvalue weighted by atomic mass is 10.0. The molecular weight excluding hydrogens is 299 g/mol. The molecule has 21 heavy (non-hydrogen) atoms. The molecule has 0 aliphatic heterocycles. The number of ketones is 1. The van der Waals surface area contributed by atoms with Gasteiger partial charge in [-0.05, 0) is 6.07 Å². The summed E-state index contributed by atoms with van der Waals surface area (Å²) in [5, 5.41) is 18.6. The summed E-state index contributed by atoms with van der Waals surface area (Å²) in [4.78, 5) is 23.0. The summed E-state index contributed by atoms with van der Waals surface area (Å²) < 4.78 is 19.3. The Balaban J connectivity index is 2.41. The summed E-state index contributed by atoms with van der Waals surface area (Å²) in [6.45, 7) is 1.43. The van der Waals surface area contributed by atoms with Crippen molar-refractivity contribution in [1.82, 2.24) is 0 Å². The van der Waals surface area contributed by atoms with E-state index in [-0.39, 0.29) is 34.0 Å². The SMILES string of the molecule is COc1c(O)cc2sc(C(=O)C[C@H](C)C(=O)O)cc2c1F. The Kier molecular flexibility index (Phi) is 4.13. The summed E-state index contributed by atoms with van der Waals surface area (Å²) in [5.41, 5.74) is 0. The predicted octanol–water partition coefficient (Wildman–Crippen LogP) is 3.05. The molecule has 2 N–H and O–H groups in total. The fraction of sp³-hybridized carbons (Fsp3) is 0.286. The molecule has 7 heteroatoms. The molecule has 0 spiro atoms. The van der Waals surface area contributed by atoms with Crippen LogP contribution in [0, 0.1) is 11.7 Å². The number of carbonyl (C=O) groups is 2. The normalized spacial score (nSPS) is 12.3. The number of rotatable bonds is 5. The standard InChI is InChI=1S/C14H13FO5S/c1-6(14(18)19)3-8(16)11-4-7-10(21-11)5-9(17)13(20-2)12(7)15/h4-6,17H,3H2,1-2H3,(H,18,19)/t6-/m0/s1. The van der Waals surface area contributed by atoms with Gasteiger partial charge in [-0.25, -0.2) is 4.39 Å². The Morgan fingerprint density at radius 2 is 2.10 bits per heavy atom. The smallest absolute Gasteiger partial charge is 0.306 e. The lowest BCUT2D eigenvalue weighted by Gasteiger charge is -2.04. The number of carboxylic acid groups (broad SMARTS) is 1. The third-order valence-corrected chi connectivity index (χ3v) is 4.21. The maximum absolute atomic E-state index is 14.1. The number of phenolic OH excluding ortho intramolecular Hbond substituents is 1. The zero-order chi connectivity index (χ0) is 15.7. The number of halogens is 1. The Morgan fingerprint density at radius 1 is 1.43 bits per heavy atom. The van der Waals surface area contributed by atoms with Crippen LogP contribution in [-0.2, 0) is 4.79 Å². The molecule has 1 aromatic heterocycles. The Morgan fingerprint density at radius 3 is 2.67 bits per heavy atom. The molecular formula is C14H13FO5S. The van der Waals surface area contributed by atoms with Gasteiger partial charge < -0.3 is 14.9 Å². The Labute approximate surface area is 123 Å². The van der Waals surface area contributed by atoms with Gasteiger partial charge in [0.05, 0.1) is 17.9 Å². The van der Waals surface area contributed by atoms with Crippen molar-refractivity contribution < 1.29 is 28.9 Å². The quantitative estimate of drug-likeness (QED) is 0.829. The van der Waals surface area contributed by atoms with E-state index in [2.05, 4.69) is 0 Å². The number of hydrogen-bond acceptors (Lipinski definition) is 5. The highest BCUT2D eigenvalue weighted by molar-refractivity contribution is 7.20. The number of thiophene rings is 1. The number of Topliss-reactive ketones (excluding diaryl/α,β-unsaturated/α-hetero) is 1. The molecule has 1 heterocycles. The minimum atomic E-state index is -1.06. The van der Waals surface area contributed by atoms with E-state index in [1.165, 1.54) is 26.2 Å². The van der Waals surface area contributed by atoms with Crippen LogP contribution in [0.3, 0.4) is 0 Å². The van der Waals surface area contributed by atoms with Crippen LogP contribution in [0.1, 0.15) is 23.0 Å². The van der Waals surface area contributed by atoms with Gasteiger partial charge in [0.2, 0.25) is 0 Å². The molecule has 0 aliphatic rings. The van der Waals surface area contributed by atoms with Gasteiger partial charge in [0.25, 0.3) is 0 Å². The summed E-state index contributed by atoms with van der Waals surface area (Å²) in [6.07, 6.45) is -0.160. The molecule has 0 saturated carbocycles. The molecule has 0 radical (unpaired) electrons. The van der Waals surface area contributed by atoms with E-state index in [1.54, 1.807) is 0 Å². The monoisotopic (exact) mass is 312 g/mol. The van der Waals surface area contributed by atoms with Crippen molar-refractivity contribution in [3.8, 4) is 11.5 Å². The summed E-state index contributed by atoms with van der Waals surface area (Å²) in [6, 6.07) is 2.67. The number of phenols is 1. The maximum atomic E-state index is 14.1. The van der Waals surface area contributed by atoms with Crippen LogP contribution in [0.2, 0.25) is 0 Å². The summed E-state index contributed by atoms with van der Waals surface area (Å²) in [5.74, 6) is -3.61. The fourth-order valence-electron chi connectivity index (χ4n) is 1.91. The molecule has 5 nitrogen and oxygen atoms in total. The fourth-order valence-corrected chi connectivity index (χ4v) is 2.95. The lowest BCUT2D eigenvalue weighted by Crippen LogP contribution is -2.13. The van der Waals surface area contributed by atoms with Crippen LogP contribution >= 0.6 is 11.3 Å². The van der Waals surface area contributed by atoms with Crippen LogP contribution < -0.4 is 4.74 Å². The highest BCUT2D eigenvalue weighted by Gasteiger charge is 2.21. The molecule has 112 valence electrons. The highest BCUT2D eigenvalue weighted by Crippen LogP contribution is 2.39. The maximum Gasteiger partial charge on any atom is 0.306 e. The van der Waals surface area contributed by atoms with Gasteiger partial charge in [-0.1, -0.05) is 6.92 Å². The predicted molar refractivity (Wildman–Crippen MR) is 75.7 cm³/mol. The molecule has 2 aromatic rings. The second kappa shape index (κ2) is 5.69. The third kappa shape index (κ3) is 2.82. The first-order valence-corrected chi connectivity index (χ1v) is 6.91. The summed E-state index contributed by atoms with van der Waals surface area (Å²) in [7, 11) is 1.23. The van der Waals surface area contributed by atoms with E-state index < -0.39 is 17.7 Å². The largest absolute Gasteiger partial charge is 0.504 e. The van der Waals surface area contributed by atoms with Gasteiger partial charge in [0.15, 0.2) is 23.1 Å². The van der Waals surface area contributed by atoms with Crippen molar-refractivity contribution in [3.63, 3.8) is 0 Å². The first-order valence-electron chi connectivity index (χ1n) is 6.10. The highest BCUT2D eigenvalue weighted by atomic mass is 32.1. The first kappa shape index (κ1) is 15.2. The van der Waals surface area contributed by atoms with Gasteiger partial charge in [-0.3, -0.25) is 9.59 Å². The van der Waals surface area contributed by atoms with Crippen molar-refractivity contribution in [3.05, 3.63) is 22.8 Å². The van der Waals surface area contributed by atoms with Crippen molar-refractivity contribution in [2.45, 2.75) is 13.3 Å². The van der Waals surface area contributed by atoms with Crippen molar-refractivity contribution in [2.75, 3.05) is 7.11 Å². The van der Waals surface area contributed by atoms with E-state index in [0.717, 1.165) is 11.3 Å². The van der Waals surface area contributed by atoms with Gasteiger partial charge in [0, 0.05) is 22.6 Å². The van der Waals surface area contributed by atoms with Crippen LogP contribution in [0.5, 0.6) is 11.5 Å². The van der Waals surface area contributed by atoms with Crippen LogP contribution in [0.25, 0.3) is 10.1 Å². The number of hydrogen-bond donors (Lipinski definition) is 2. The minimum Gasteiger partial charge on any atom is -0.504 e. The third-order valence-electron chi connectivity index (χ3n) is 3.09. The number of carboxylic acids is 1. The van der Waals surface area contributed by atoms with Crippen molar-refractivity contribution in [2.24, 2.45) is 5.92 Å². The average molecular weight is 312 g/mol. The molecule has 0 bridgehead atoms. The number of ether oxygens (including phenoxy) is 1. The number of benzene rings is 1.